The minimum Gasteiger partial charge on any atom is -0.325 e. The van der Waals surface area contributed by atoms with Crippen LogP contribution < -0.4 is 10.2 Å². The third-order valence-electron chi connectivity index (χ3n) is 6.04. The topological polar surface area (TPSA) is 75.2 Å². The van der Waals surface area contributed by atoms with Crippen molar-refractivity contribution in [1.82, 2.24) is 9.97 Å². The zero-order valence-corrected chi connectivity index (χ0v) is 21.2. The Bertz CT molecular complexity index is 1620. The zero-order chi connectivity index (χ0) is 27.4. The van der Waals surface area contributed by atoms with E-state index in [-0.39, 0.29) is 5.56 Å². The molecule has 0 bridgehead atoms. The van der Waals surface area contributed by atoms with Gasteiger partial charge in [0.1, 0.15) is 6.33 Å². The van der Waals surface area contributed by atoms with Gasteiger partial charge in [0, 0.05) is 23.5 Å². The van der Waals surface area contributed by atoms with Crippen LogP contribution >= 0.6 is 11.3 Å². The van der Waals surface area contributed by atoms with Gasteiger partial charge in [-0.05, 0) is 60.5 Å². The number of nitrogens with one attached hydrogen (secondary N) is 1. The number of hydrogen-bond donors (Lipinski definition) is 1. The molecule has 0 fully saturated rings. The maximum absolute atomic E-state index is 13.0. The molecule has 0 aliphatic heterocycles. The molecule has 5 aromatic rings. The Morgan fingerprint density at radius 2 is 1.72 bits per heavy atom. The molecule has 0 unspecified atom stereocenters. The number of halogens is 3. The first-order valence-corrected chi connectivity index (χ1v) is 12.7. The van der Waals surface area contributed by atoms with Crippen LogP contribution in [-0.2, 0) is 12.6 Å². The third-order valence-corrected chi connectivity index (χ3v) is 7.08. The van der Waals surface area contributed by atoms with Gasteiger partial charge < -0.3 is 10.2 Å². The minimum atomic E-state index is -4.52. The van der Waals surface area contributed by atoms with Crippen LogP contribution in [0.3, 0.4) is 0 Å². The van der Waals surface area contributed by atoms with Gasteiger partial charge in [0.2, 0.25) is 0 Å². The predicted molar refractivity (Wildman–Crippen MR) is 146 cm³/mol. The molecule has 1 amide bonds. The molecule has 5 rings (SSSR count). The van der Waals surface area contributed by atoms with Crippen LogP contribution in [0.25, 0.3) is 10.2 Å². The number of carbonyl (C=O) groups excluding carboxylic acids is 2. The van der Waals surface area contributed by atoms with Crippen molar-refractivity contribution in [3.8, 4) is 0 Å². The molecule has 0 aliphatic carbocycles. The van der Waals surface area contributed by atoms with Gasteiger partial charge in [0.05, 0.1) is 20.7 Å². The van der Waals surface area contributed by atoms with E-state index in [1.165, 1.54) is 29.8 Å². The lowest BCUT2D eigenvalue weighted by atomic mass is 10.1. The van der Waals surface area contributed by atoms with Crippen molar-refractivity contribution in [3.05, 3.63) is 113 Å². The first kappa shape index (κ1) is 26.1. The van der Waals surface area contributed by atoms with Gasteiger partial charge in [0.15, 0.2) is 12.1 Å². The molecule has 1 N–H and O–H groups in total. The number of nitrogens with zero attached hydrogens (tertiary/aromatic N) is 3. The van der Waals surface area contributed by atoms with E-state index >= 15 is 0 Å². The fraction of sp³-hybridized carbons (Fsp3) is 0.103. The van der Waals surface area contributed by atoms with Gasteiger partial charge in [-0.25, -0.2) is 9.97 Å². The van der Waals surface area contributed by atoms with E-state index in [2.05, 4.69) is 20.2 Å². The Morgan fingerprint density at radius 3 is 2.44 bits per heavy atom. The van der Waals surface area contributed by atoms with E-state index in [1.54, 1.807) is 18.2 Å². The highest BCUT2D eigenvalue weighted by Crippen LogP contribution is 2.34. The predicted octanol–water partition coefficient (Wildman–Crippen LogP) is 7.16. The lowest BCUT2D eigenvalue weighted by Crippen LogP contribution is -2.21. The Balaban J connectivity index is 1.32. The standard InChI is InChI=1S/C29H21F3N4O2S/c30-29(31,32)21-6-4-5-20(15-21)28(38)35-22-11-9-19(10-12-22)13-14-36(23-7-2-1-3-8-23)27-26-25(33-18-34-27)16-24(17-37)39-26/h1-12,15-18H,13-14H2,(H,35,38). The van der Waals surface area contributed by atoms with Gasteiger partial charge in [-0.3, -0.25) is 9.59 Å². The summed E-state index contributed by atoms with van der Waals surface area (Å²) in [6, 6.07) is 23.0. The summed E-state index contributed by atoms with van der Waals surface area (Å²) in [7, 11) is 0. The number of thiophene rings is 1. The summed E-state index contributed by atoms with van der Waals surface area (Å²) in [5.74, 6) is 0.0804. The van der Waals surface area contributed by atoms with Crippen molar-refractivity contribution < 1.29 is 22.8 Å². The van der Waals surface area contributed by atoms with Gasteiger partial charge >= 0.3 is 6.18 Å². The van der Waals surface area contributed by atoms with E-state index in [9.17, 15) is 22.8 Å². The number of aldehydes is 1. The summed E-state index contributed by atoms with van der Waals surface area (Å²) in [6.45, 7) is 0.570. The number of anilines is 3. The summed E-state index contributed by atoms with van der Waals surface area (Å²) < 4.78 is 39.8. The number of fused-ring (bicyclic) bond motifs is 1. The van der Waals surface area contributed by atoms with Gasteiger partial charge in [-0.15, -0.1) is 11.3 Å². The fourth-order valence-electron chi connectivity index (χ4n) is 4.11. The number of amides is 1. The molecular weight excluding hydrogens is 525 g/mol. The quantitative estimate of drug-likeness (QED) is 0.209. The second-order valence-corrected chi connectivity index (χ2v) is 9.73. The van der Waals surface area contributed by atoms with Crippen LogP contribution in [0.4, 0.5) is 30.4 Å². The van der Waals surface area contributed by atoms with E-state index in [0.717, 1.165) is 34.4 Å². The Kier molecular flexibility index (Phi) is 7.38. The van der Waals surface area contributed by atoms with Crippen molar-refractivity contribution in [1.29, 1.82) is 0 Å². The van der Waals surface area contributed by atoms with Gasteiger partial charge in [0.25, 0.3) is 5.91 Å². The van der Waals surface area contributed by atoms with E-state index < -0.39 is 17.6 Å². The fourth-order valence-corrected chi connectivity index (χ4v) is 5.04. The number of carbonyl (C=O) groups is 2. The van der Waals surface area contributed by atoms with Crippen LogP contribution in [-0.4, -0.2) is 28.7 Å². The summed E-state index contributed by atoms with van der Waals surface area (Å²) in [5, 5.41) is 2.65. The largest absolute Gasteiger partial charge is 0.416 e. The smallest absolute Gasteiger partial charge is 0.325 e. The first-order valence-electron chi connectivity index (χ1n) is 11.9. The number of benzene rings is 3. The van der Waals surface area contributed by atoms with Crippen LogP contribution in [0.1, 0.15) is 31.2 Å². The lowest BCUT2D eigenvalue weighted by Gasteiger charge is -2.24. The molecule has 10 heteroatoms. The summed E-state index contributed by atoms with van der Waals surface area (Å²) >= 11 is 1.34. The molecule has 39 heavy (non-hydrogen) atoms. The third kappa shape index (κ3) is 5.96. The van der Waals surface area contributed by atoms with E-state index in [1.807, 2.05) is 42.5 Å². The second-order valence-electron chi connectivity index (χ2n) is 8.65. The molecule has 6 nitrogen and oxygen atoms in total. The lowest BCUT2D eigenvalue weighted by molar-refractivity contribution is -0.137. The number of hydrogen-bond acceptors (Lipinski definition) is 6. The van der Waals surface area contributed by atoms with Crippen molar-refractivity contribution in [2.75, 3.05) is 16.8 Å². The second kappa shape index (κ2) is 11.0. The normalized spacial score (nSPS) is 11.4. The average Bonchev–Trinajstić information content (AvgIpc) is 3.38. The highest BCUT2D eigenvalue weighted by molar-refractivity contribution is 7.21. The summed E-state index contributed by atoms with van der Waals surface area (Å²) in [6.07, 6.45) is -1.61. The van der Waals surface area contributed by atoms with Crippen LogP contribution in [0, 0.1) is 0 Å². The van der Waals surface area contributed by atoms with Crippen molar-refractivity contribution in [2.45, 2.75) is 12.6 Å². The maximum Gasteiger partial charge on any atom is 0.416 e. The molecule has 2 aromatic heterocycles. The molecule has 0 radical (unpaired) electrons. The zero-order valence-electron chi connectivity index (χ0n) is 20.4. The summed E-state index contributed by atoms with van der Waals surface area (Å²) in [5.41, 5.74) is 2.14. The highest BCUT2D eigenvalue weighted by atomic mass is 32.1. The molecule has 2 heterocycles. The van der Waals surface area contributed by atoms with Gasteiger partial charge in [-0.2, -0.15) is 13.2 Å². The Hall–Kier alpha value is -4.57. The highest BCUT2D eigenvalue weighted by Gasteiger charge is 2.30. The van der Waals surface area contributed by atoms with Crippen LogP contribution in [0.15, 0.2) is 91.3 Å². The molecule has 3 aromatic carbocycles. The maximum atomic E-state index is 13.0. The molecule has 0 atom stereocenters. The Morgan fingerprint density at radius 1 is 0.949 bits per heavy atom. The SMILES string of the molecule is O=Cc1cc2ncnc(N(CCc3ccc(NC(=O)c4cccc(C(F)(F)F)c4)cc3)c3ccccc3)c2s1. The first-order chi connectivity index (χ1) is 18.8. The average molecular weight is 547 g/mol. The molecule has 0 saturated carbocycles. The number of aromatic nitrogens is 2. The monoisotopic (exact) mass is 546 g/mol. The number of para-hydroxylation sites is 1. The van der Waals surface area contributed by atoms with E-state index in [0.29, 0.717) is 34.9 Å². The Labute approximate surface area is 225 Å². The minimum absolute atomic E-state index is 0.0742. The molecular formula is C29H21F3N4O2S. The molecule has 0 aliphatic rings. The number of alkyl halides is 3. The van der Waals surface area contributed by atoms with E-state index in [4.69, 9.17) is 0 Å². The van der Waals surface area contributed by atoms with Crippen LogP contribution in [0.2, 0.25) is 0 Å². The van der Waals surface area contributed by atoms with Crippen molar-refractivity contribution in [2.24, 2.45) is 0 Å². The van der Waals surface area contributed by atoms with Gasteiger partial charge in [-0.1, -0.05) is 36.4 Å². The van der Waals surface area contributed by atoms with Crippen molar-refractivity contribution in [3.63, 3.8) is 0 Å². The molecule has 0 spiro atoms. The molecule has 0 saturated heterocycles. The number of rotatable bonds is 8. The summed E-state index contributed by atoms with van der Waals surface area (Å²) in [4.78, 5) is 35.3. The van der Waals surface area contributed by atoms with Crippen molar-refractivity contribution >= 4 is 50.9 Å². The molecule has 196 valence electrons. The van der Waals surface area contributed by atoms with Crippen LogP contribution in [0.5, 0.6) is 0 Å².